The normalized spacial score (nSPS) is 18.8. The summed E-state index contributed by atoms with van der Waals surface area (Å²) in [7, 11) is 0. The zero-order chi connectivity index (χ0) is 15.8. The van der Waals surface area contributed by atoms with E-state index in [1.54, 1.807) is 6.33 Å². The zero-order valence-electron chi connectivity index (χ0n) is 13.3. The SMILES string of the molecule is Cc1c(C(=O)N2CCNCC2)sc2ncnc(N3CCCC3)c12. The number of rotatable bonds is 2. The van der Waals surface area contributed by atoms with Crippen LogP contribution in [0.1, 0.15) is 28.1 Å². The van der Waals surface area contributed by atoms with Gasteiger partial charge in [0.1, 0.15) is 17.0 Å². The third-order valence-corrected chi connectivity index (χ3v) is 5.90. The van der Waals surface area contributed by atoms with Gasteiger partial charge in [0.2, 0.25) is 0 Å². The largest absolute Gasteiger partial charge is 0.356 e. The Bertz CT molecular complexity index is 731. The molecule has 2 aromatic heterocycles. The van der Waals surface area contributed by atoms with Crippen molar-refractivity contribution >= 4 is 33.3 Å². The number of thiophene rings is 1. The Labute approximate surface area is 139 Å². The summed E-state index contributed by atoms with van der Waals surface area (Å²) in [5.41, 5.74) is 1.04. The van der Waals surface area contributed by atoms with E-state index in [0.29, 0.717) is 0 Å². The lowest BCUT2D eigenvalue weighted by Crippen LogP contribution is -2.46. The summed E-state index contributed by atoms with van der Waals surface area (Å²) in [5, 5.41) is 4.36. The molecule has 0 atom stereocenters. The molecule has 2 aromatic rings. The number of anilines is 1. The van der Waals surface area contributed by atoms with Crippen molar-refractivity contribution in [1.82, 2.24) is 20.2 Å². The molecular weight excluding hydrogens is 310 g/mol. The summed E-state index contributed by atoms with van der Waals surface area (Å²) in [6.45, 7) is 7.42. The Morgan fingerprint density at radius 1 is 1.17 bits per heavy atom. The molecule has 4 heterocycles. The predicted octanol–water partition coefficient (Wildman–Crippen LogP) is 1.65. The van der Waals surface area contributed by atoms with E-state index in [1.165, 1.54) is 24.2 Å². The van der Waals surface area contributed by atoms with Crippen LogP contribution in [-0.2, 0) is 0 Å². The summed E-state index contributed by atoms with van der Waals surface area (Å²) in [4.78, 5) is 27.8. The lowest BCUT2D eigenvalue weighted by atomic mass is 10.1. The second-order valence-corrected chi connectivity index (χ2v) is 7.17. The van der Waals surface area contributed by atoms with E-state index in [9.17, 15) is 4.79 Å². The third-order valence-electron chi connectivity index (χ3n) is 4.71. The first-order valence-electron chi connectivity index (χ1n) is 8.25. The van der Waals surface area contributed by atoms with Gasteiger partial charge in [-0.25, -0.2) is 9.97 Å². The van der Waals surface area contributed by atoms with Crippen molar-refractivity contribution in [3.8, 4) is 0 Å². The number of piperazine rings is 1. The molecule has 2 aliphatic rings. The molecule has 0 unspecified atom stereocenters. The minimum absolute atomic E-state index is 0.138. The molecule has 1 N–H and O–H groups in total. The first kappa shape index (κ1) is 14.8. The maximum atomic E-state index is 12.9. The van der Waals surface area contributed by atoms with E-state index < -0.39 is 0 Å². The molecule has 2 aliphatic heterocycles. The highest BCUT2D eigenvalue weighted by Gasteiger charge is 2.26. The van der Waals surface area contributed by atoms with Crippen LogP contribution >= 0.6 is 11.3 Å². The highest BCUT2D eigenvalue weighted by atomic mass is 32.1. The molecule has 0 spiro atoms. The number of carbonyl (C=O) groups excluding carboxylic acids is 1. The van der Waals surface area contributed by atoms with Crippen molar-refractivity contribution in [2.45, 2.75) is 19.8 Å². The van der Waals surface area contributed by atoms with Crippen molar-refractivity contribution in [3.63, 3.8) is 0 Å². The Morgan fingerprint density at radius 3 is 2.65 bits per heavy atom. The molecule has 4 rings (SSSR count). The standard InChI is InChI=1S/C16H21N5OS/c1-11-12-14(20-6-2-3-7-20)18-10-19-15(12)23-13(11)16(22)21-8-4-17-5-9-21/h10,17H,2-9H2,1H3. The summed E-state index contributed by atoms with van der Waals surface area (Å²) in [6, 6.07) is 0. The van der Waals surface area contributed by atoms with Crippen molar-refractivity contribution in [2.24, 2.45) is 0 Å². The predicted molar refractivity (Wildman–Crippen MR) is 92.4 cm³/mol. The average Bonchev–Trinajstić information content (AvgIpc) is 3.23. The molecule has 122 valence electrons. The fraction of sp³-hybridized carbons (Fsp3) is 0.562. The fourth-order valence-electron chi connectivity index (χ4n) is 3.44. The molecule has 0 saturated carbocycles. The summed E-state index contributed by atoms with van der Waals surface area (Å²) in [6.07, 6.45) is 4.05. The third kappa shape index (κ3) is 2.57. The lowest BCUT2D eigenvalue weighted by molar-refractivity contribution is 0.0740. The van der Waals surface area contributed by atoms with Crippen molar-refractivity contribution in [3.05, 3.63) is 16.8 Å². The highest BCUT2D eigenvalue weighted by molar-refractivity contribution is 7.20. The first-order chi connectivity index (χ1) is 11.3. The Kier molecular flexibility index (Phi) is 3.90. The maximum absolute atomic E-state index is 12.9. The van der Waals surface area contributed by atoms with Gasteiger partial charge in [-0.05, 0) is 25.3 Å². The number of aryl methyl sites for hydroxylation is 1. The fourth-order valence-corrected chi connectivity index (χ4v) is 4.55. The van der Waals surface area contributed by atoms with E-state index in [2.05, 4.69) is 20.2 Å². The van der Waals surface area contributed by atoms with Gasteiger partial charge in [-0.3, -0.25) is 4.79 Å². The molecule has 0 aromatic carbocycles. The van der Waals surface area contributed by atoms with Crippen LogP contribution in [0.4, 0.5) is 5.82 Å². The summed E-state index contributed by atoms with van der Waals surface area (Å²) >= 11 is 1.51. The molecule has 6 nitrogen and oxygen atoms in total. The topological polar surface area (TPSA) is 61.4 Å². The second kappa shape index (κ2) is 6.05. The van der Waals surface area contributed by atoms with E-state index in [4.69, 9.17) is 0 Å². The van der Waals surface area contributed by atoms with Gasteiger partial charge in [-0.1, -0.05) is 0 Å². The molecule has 2 fully saturated rings. The van der Waals surface area contributed by atoms with Gasteiger partial charge in [0.15, 0.2) is 0 Å². The van der Waals surface area contributed by atoms with Gasteiger partial charge >= 0.3 is 0 Å². The molecule has 0 radical (unpaired) electrons. The molecule has 7 heteroatoms. The van der Waals surface area contributed by atoms with Gasteiger partial charge in [-0.2, -0.15) is 0 Å². The first-order valence-corrected chi connectivity index (χ1v) is 9.06. The van der Waals surface area contributed by atoms with Gasteiger partial charge in [0.25, 0.3) is 5.91 Å². The van der Waals surface area contributed by atoms with Gasteiger partial charge in [0, 0.05) is 39.3 Å². The smallest absolute Gasteiger partial charge is 0.264 e. The maximum Gasteiger partial charge on any atom is 0.264 e. The van der Waals surface area contributed by atoms with Crippen LogP contribution in [0.2, 0.25) is 0 Å². The van der Waals surface area contributed by atoms with Gasteiger partial charge in [0.05, 0.1) is 10.3 Å². The van der Waals surface area contributed by atoms with Crippen molar-refractivity contribution in [2.75, 3.05) is 44.2 Å². The Balaban J connectivity index is 1.75. The zero-order valence-corrected chi connectivity index (χ0v) is 14.2. The van der Waals surface area contributed by atoms with Crippen LogP contribution in [0.25, 0.3) is 10.2 Å². The van der Waals surface area contributed by atoms with Crippen LogP contribution in [0.15, 0.2) is 6.33 Å². The van der Waals surface area contributed by atoms with Crippen LogP contribution in [0.5, 0.6) is 0 Å². The number of nitrogens with one attached hydrogen (secondary N) is 1. The van der Waals surface area contributed by atoms with Gasteiger partial charge < -0.3 is 15.1 Å². The highest BCUT2D eigenvalue weighted by Crippen LogP contribution is 2.36. The molecular formula is C16H21N5OS. The monoisotopic (exact) mass is 331 g/mol. The van der Waals surface area contributed by atoms with E-state index in [1.807, 2.05) is 11.8 Å². The molecule has 0 aliphatic carbocycles. The lowest BCUT2D eigenvalue weighted by Gasteiger charge is -2.27. The number of carbonyl (C=O) groups is 1. The quantitative estimate of drug-likeness (QED) is 0.906. The molecule has 2 saturated heterocycles. The number of hydrogen-bond donors (Lipinski definition) is 1. The van der Waals surface area contributed by atoms with Crippen molar-refractivity contribution in [1.29, 1.82) is 0 Å². The average molecular weight is 331 g/mol. The van der Waals surface area contributed by atoms with Crippen LogP contribution in [0, 0.1) is 6.92 Å². The Morgan fingerprint density at radius 2 is 1.91 bits per heavy atom. The van der Waals surface area contributed by atoms with Crippen LogP contribution in [-0.4, -0.2) is 60.0 Å². The molecule has 23 heavy (non-hydrogen) atoms. The number of hydrogen-bond acceptors (Lipinski definition) is 6. The molecule has 1 amide bonds. The number of nitrogens with zero attached hydrogens (tertiary/aromatic N) is 4. The minimum atomic E-state index is 0.138. The second-order valence-electron chi connectivity index (χ2n) is 6.17. The number of fused-ring (bicyclic) bond motifs is 1. The minimum Gasteiger partial charge on any atom is -0.356 e. The van der Waals surface area contributed by atoms with Gasteiger partial charge in [-0.15, -0.1) is 11.3 Å². The van der Waals surface area contributed by atoms with Crippen LogP contribution in [0.3, 0.4) is 0 Å². The van der Waals surface area contributed by atoms with Crippen LogP contribution < -0.4 is 10.2 Å². The summed E-state index contributed by atoms with van der Waals surface area (Å²) < 4.78 is 0. The number of aromatic nitrogens is 2. The molecule has 0 bridgehead atoms. The Hall–Kier alpha value is -1.73. The van der Waals surface area contributed by atoms with E-state index in [-0.39, 0.29) is 5.91 Å². The van der Waals surface area contributed by atoms with Crippen molar-refractivity contribution < 1.29 is 4.79 Å². The summed E-state index contributed by atoms with van der Waals surface area (Å²) in [5.74, 6) is 1.14. The van der Waals surface area contributed by atoms with E-state index in [0.717, 1.165) is 65.7 Å². The number of amides is 1. The van der Waals surface area contributed by atoms with E-state index >= 15 is 0 Å².